The van der Waals surface area contributed by atoms with E-state index in [0.717, 1.165) is 28.7 Å². The molecular formula is C29H38N2O3Si. The van der Waals surface area contributed by atoms with Crippen LogP contribution in [-0.2, 0) is 21.5 Å². The van der Waals surface area contributed by atoms with Gasteiger partial charge >= 0.3 is 5.97 Å². The first-order valence-electron chi connectivity index (χ1n) is 12.6. The van der Waals surface area contributed by atoms with Crippen molar-refractivity contribution in [3.8, 4) is 0 Å². The highest BCUT2D eigenvalue weighted by molar-refractivity contribution is 6.76. The van der Waals surface area contributed by atoms with Crippen molar-refractivity contribution in [1.29, 1.82) is 0 Å². The number of fused-ring (bicyclic) bond motifs is 6. The predicted molar refractivity (Wildman–Crippen MR) is 143 cm³/mol. The highest BCUT2D eigenvalue weighted by Gasteiger charge is 2.74. The van der Waals surface area contributed by atoms with Crippen LogP contribution in [0.1, 0.15) is 36.6 Å². The molecule has 2 bridgehead atoms. The summed E-state index contributed by atoms with van der Waals surface area (Å²) < 4.78 is 5.57. The van der Waals surface area contributed by atoms with Crippen molar-refractivity contribution in [3.63, 3.8) is 0 Å². The van der Waals surface area contributed by atoms with E-state index in [1.54, 1.807) is 0 Å². The Morgan fingerprint density at radius 3 is 2.43 bits per heavy atom. The summed E-state index contributed by atoms with van der Waals surface area (Å²) >= 11 is 0. The molecule has 2 heterocycles. The summed E-state index contributed by atoms with van der Waals surface area (Å²) in [5.74, 6) is -0.514. The van der Waals surface area contributed by atoms with Crippen LogP contribution in [0.4, 0.5) is 0 Å². The van der Waals surface area contributed by atoms with E-state index in [2.05, 4.69) is 85.8 Å². The lowest BCUT2D eigenvalue weighted by atomic mass is 9.46. The van der Waals surface area contributed by atoms with Gasteiger partial charge in [0.1, 0.15) is 5.41 Å². The van der Waals surface area contributed by atoms with E-state index in [9.17, 15) is 9.90 Å². The van der Waals surface area contributed by atoms with Crippen molar-refractivity contribution in [2.24, 2.45) is 5.41 Å². The number of benzene rings is 2. The molecule has 1 aliphatic heterocycles. The molecule has 0 radical (unpaired) electrons. The average molecular weight is 491 g/mol. The van der Waals surface area contributed by atoms with E-state index in [-0.39, 0.29) is 11.9 Å². The van der Waals surface area contributed by atoms with Crippen LogP contribution in [-0.4, -0.2) is 54.8 Å². The van der Waals surface area contributed by atoms with E-state index in [0.29, 0.717) is 19.1 Å². The number of nitrogens with zero attached hydrogens (tertiary/aromatic N) is 1. The Hall–Kier alpha value is -2.41. The van der Waals surface area contributed by atoms with Gasteiger partial charge in [0, 0.05) is 50.2 Å². The van der Waals surface area contributed by atoms with Gasteiger partial charge < -0.3 is 14.8 Å². The molecule has 4 atom stereocenters. The Morgan fingerprint density at radius 1 is 1.11 bits per heavy atom. The zero-order chi connectivity index (χ0) is 25.2. The highest BCUT2D eigenvalue weighted by Crippen LogP contribution is 2.65. The normalized spacial score (nSPS) is 30.8. The molecule has 1 aromatic heterocycles. The summed E-state index contributed by atoms with van der Waals surface area (Å²) in [7, 11) is -0.343. The van der Waals surface area contributed by atoms with Gasteiger partial charge in [0.05, 0.1) is 18.1 Å². The first-order chi connectivity index (χ1) is 16.5. The number of likely N-dealkylation sites (tertiary alicyclic amines) is 1. The fourth-order valence-corrected chi connectivity index (χ4v) is 9.59. The van der Waals surface area contributed by atoms with Crippen LogP contribution in [0.2, 0.25) is 25.7 Å². The van der Waals surface area contributed by atoms with Crippen molar-refractivity contribution < 1.29 is 14.6 Å². The molecule has 5 nitrogen and oxygen atoms in total. The van der Waals surface area contributed by atoms with Gasteiger partial charge in [-0.15, -0.1) is 0 Å². The van der Waals surface area contributed by atoms with Gasteiger partial charge in [-0.2, -0.15) is 0 Å². The summed E-state index contributed by atoms with van der Waals surface area (Å²) in [5.41, 5.74) is 1.50. The maximum atomic E-state index is 14.0. The van der Waals surface area contributed by atoms with Crippen molar-refractivity contribution in [2.45, 2.75) is 63.0 Å². The number of carbonyl (C=O) groups excluding carboxylic acids is 1. The number of rotatable bonds is 5. The number of methoxy groups -OCH3 is 1. The lowest BCUT2D eigenvalue weighted by Crippen LogP contribution is -2.78. The number of hydrogen-bond donors (Lipinski definition) is 2. The second kappa shape index (κ2) is 8.05. The summed E-state index contributed by atoms with van der Waals surface area (Å²) in [6, 6.07) is 19.3. The maximum absolute atomic E-state index is 14.0. The summed E-state index contributed by atoms with van der Waals surface area (Å²) in [6.07, 6.45) is 0. The minimum Gasteiger partial charge on any atom is -0.468 e. The third-order valence-corrected chi connectivity index (χ3v) is 10.3. The van der Waals surface area contributed by atoms with Crippen LogP contribution >= 0.6 is 0 Å². The van der Waals surface area contributed by atoms with Gasteiger partial charge in [-0.1, -0.05) is 82.0 Å². The first-order valence-corrected chi connectivity index (χ1v) is 16.4. The Bertz CT molecular complexity index is 1270. The SMILES string of the molecule is COC(=O)[C@@]12CN(Cc3ccccc3)C[C@@](C)(c3[nH]c4ccccc4c3[C@@H]1C)[C@]2(O)C[Si](C)(C)C. The Balaban J connectivity index is 1.79. The molecule has 0 saturated carbocycles. The van der Waals surface area contributed by atoms with E-state index in [4.69, 9.17) is 4.74 Å². The molecule has 1 saturated heterocycles. The zero-order valence-corrected chi connectivity index (χ0v) is 22.8. The van der Waals surface area contributed by atoms with Crippen molar-refractivity contribution >= 4 is 24.9 Å². The fraction of sp³-hybridized carbons (Fsp3) is 0.483. The van der Waals surface area contributed by atoms with Crippen LogP contribution < -0.4 is 0 Å². The molecule has 35 heavy (non-hydrogen) atoms. The fourth-order valence-electron chi connectivity index (χ4n) is 7.35. The minimum absolute atomic E-state index is 0.214. The quantitative estimate of drug-likeness (QED) is 0.377. The topological polar surface area (TPSA) is 65.6 Å². The van der Waals surface area contributed by atoms with Crippen LogP contribution in [0, 0.1) is 5.41 Å². The van der Waals surface area contributed by atoms with Gasteiger partial charge in [0.25, 0.3) is 0 Å². The number of aromatic nitrogens is 1. The molecule has 0 amide bonds. The van der Waals surface area contributed by atoms with E-state index >= 15 is 0 Å². The minimum atomic E-state index is -1.81. The van der Waals surface area contributed by atoms with Gasteiger partial charge in [-0.05, 0) is 23.2 Å². The third kappa shape index (κ3) is 3.37. The summed E-state index contributed by atoms with van der Waals surface area (Å²) in [6.45, 7) is 13.0. The average Bonchev–Trinajstić information content (AvgIpc) is 3.19. The Kier molecular flexibility index (Phi) is 5.59. The summed E-state index contributed by atoms with van der Waals surface area (Å²) in [5, 5.41) is 14.2. The van der Waals surface area contributed by atoms with Gasteiger partial charge in [-0.25, -0.2) is 0 Å². The second-order valence-electron chi connectivity index (χ2n) is 12.2. The predicted octanol–water partition coefficient (Wildman–Crippen LogP) is 5.29. The van der Waals surface area contributed by atoms with E-state index < -0.39 is 24.5 Å². The molecule has 0 spiro atoms. The summed E-state index contributed by atoms with van der Waals surface area (Å²) in [4.78, 5) is 20.1. The number of carbonyl (C=O) groups is 1. The first kappa shape index (κ1) is 24.3. The van der Waals surface area contributed by atoms with Crippen LogP contribution in [0.25, 0.3) is 10.9 Å². The van der Waals surface area contributed by atoms with Crippen molar-refractivity contribution in [1.82, 2.24) is 9.88 Å². The largest absolute Gasteiger partial charge is 0.468 e. The van der Waals surface area contributed by atoms with Crippen molar-refractivity contribution in [2.75, 3.05) is 20.2 Å². The molecule has 6 heteroatoms. The highest BCUT2D eigenvalue weighted by atomic mass is 28.3. The molecule has 1 aliphatic carbocycles. The number of aromatic amines is 1. The molecule has 186 valence electrons. The number of hydrogen-bond acceptors (Lipinski definition) is 4. The van der Waals surface area contributed by atoms with E-state index in [1.807, 2.05) is 12.1 Å². The number of esters is 1. The standard InChI is InChI=1S/C29H38N2O3Si/c1-20-24-22-14-10-11-15-23(22)30-25(24)27(2)17-31(16-21-12-8-7-9-13-21)18-28(20,26(32)34-3)29(27,33)19-35(4,5)6/h7-15,20,30,33H,16-19H2,1-6H3/t20-,27-,28+,29+/m0/s1. The van der Waals surface area contributed by atoms with Crippen molar-refractivity contribution in [3.05, 3.63) is 71.4 Å². The maximum Gasteiger partial charge on any atom is 0.316 e. The van der Waals surface area contributed by atoms with Gasteiger partial charge in [0.2, 0.25) is 0 Å². The molecule has 2 N–H and O–H groups in total. The zero-order valence-electron chi connectivity index (χ0n) is 21.8. The number of ether oxygens (including phenoxy) is 1. The van der Waals surface area contributed by atoms with Crippen LogP contribution in [0.5, 0.6) is 0 Å². The third-order valence-electron chi connectivity index (χ3n) is 8.72. The Labute approximate surface area is 209 Å². The number of H-pyrrole nitrogens is 1. The lowest BCUT2D eigenvalue weighted by molar-refractivity contribution is -0.214. The number of para-hydroxylation sites is 1. The molecule has 0 unspecified atom stereocenters. The molecule has 1 fully saturated rings. The molecule has 2 aliphatic rings. The van der Waals surface area contributed by atoms with Gasteiger partial charge in [-0.3, -0.25) is 9.69 Å². The van der Waals surface area contributed by atoms with Gasteiger partial charge in [0.15, 0.2) is 0 Å². The number of nitrogens with one attached hydrogen (secondary N) is 1. The number of aliphatic hydroxyl groups is 1. The molecular weight excluding hydrogens is 452 g/mol. The molecule has 2 aromatic carbocycles. The van der Waals surface area contributed by atoms with Crippen LogP contribution in [0.3, 0.4) is 0 Å². The number of piperidine rings is 1. The monoisotopic (exact) mass is 490 g/mol. The molecule has 5 rings (SSSR count). The van der Waals surface area contributed by atoms with Crippen LogP contribution in [0.15, 0.2) is 54.6 Å². The molecule has 3 aromatic rings. The Morgan fingerprint density at radius 2 is 1.77 bits per heavy atom. The smallest absolute Gasteiger partial charge is 0.316 e. The van der Waals surface area contributed by atoms with E-state index in [1.165, 1.54) is 12.7 Å². The lowest BCUT2D eigenvalue weighted by Gasteiger charge is -2.66. The second-order valence-corrected chi connectivity index (χ2v) is 17.7.